The van der Waals surface area contributed by atoms with Gasteiger partial charge < -0.3 is 5.32 Å². The van der Waals surface area contributed by atoms with E-state index in [1.54, 1.807) is 12.1 Å². The summed E-state index contributed by atoms with van der Waals surface area (Å²) in [6.45, 7) is 1.88. The quantitative estimate of drug-likeness (QED) is 0.478. The average Bonchev–Trinajstić information content (AvgIpc) is 2.88. The maximum absolute atomic E-state index is 10.8. The molecule has 1 saturated carbocycles. The Morgan fingerprint density at radius 3 is 2.72 bits per heavy atom. The lowest BCUT2D eigenvalue weighted by Crippen LogP contribution is -2.23. The van der Waals surface area contributed by atoms with Crippen LogP contribution in [0.25, 0.3) is 0 Å². The van der Waals surface area contributed by atoms with Crippen molar-refractivity contribution in [3.63, 3.8) is 0 Å². The van der Waals surface area contributed by atoms with Gasteiger partial charge in [0.1, 0.15) is 0 Å². The van der Waals surface area contributed by atoms with Gasteiger partial charge in [-0.2, -0.15) is 0 Å². The fourth-order valence-electron chi connectivity index (χ4n) is 2.64. The van der Waals surface area contributed by atoms with Crippen LogP contribution in [0.5, 0.6) is 0 Å². The number of para-hydroxylation sites is 1. The summed E-state index contributed by atoms with van der Waals surface area (Å²) in [5.41, 5.74) is 1.06. The Labute approximate surface area is 108 Å². The van der Waals surface area contributed by atoms with Gasteiger partial charge in [0.15, 0.2) is 0 Å². The van der Waals surface area contributed by atoms with Crippen LogP contribution in [-0.2, 0) is 6.42 Å². The van der Waals surface area contributed by atoms with Crippen LogP contribution in [0.4, 0.5) is 5.69 Å². The molecular formula is C14H20N2O2. The molecule has 4 heteroatoms. The van der Waals surface area contributed by atoms with Crippen LogP contribution in [0.15, 0.2) is 24.3 Å². The Bertz CT molecular complexity index is 401. The van der Waals surface area contributed by atoms with Crippen LogP contribution >= 0.6 is 0 Å². The molecule has 1 N–H and O–H groups in total. The van der Waals surface area contributed by atoms with Gasteiger partial charge in [0.05, 0.1) is 4.92 Å². The maximum atomic E-state index is 10.8. The Balaban J connectivity index is 1.77. The molecule has 1 fully saturated rings. The molecule has 0 amide bonds. The molecule has 0 saturated heterocycles. The smallest absolute Gasteiger partial charge is 0.272 e. The summed E-state index contributed by atoms with van der Waals surface area (Å²) in [5, 5.41) is 14.3. The number of benzene rings is 1. The number of hydrogen-bond acceptors (Lipinski definition) is 3. The molecule has 98 valence electrons. The van der Waals surface area contributed by atoms with E-state index in [9.17, 15) is 10.1 Å². The molecule has 18 heavy (non-hydrogen) atoms. The highest BCUT2D eigenvalue weighted by molar-refractivity contribution is 5.39. The van der Waals surface area contributed by atoms with Crippen LogP contribution in [0.1, 0.15) is 31.2 Å². The third-order valence-electron chi connectivity index (χ3n) is 3.67. The van der Waals surface area contributed by atoms with Crippen LogP contribution in [0.2, 0.25) is 0 Å². The summed E-state index contributed by atoms with van der Waals surface area (Å²) in [6.07, 6.45) is 6.11. The second-order valence-electron chi connectivity index (χ2n) is 4.99. The zero-order valence-electron chi connectivity index (χ0n) is 10.6. The molecule has 0 bridgehead atoms. The highest BCUT2D eigenvalue weighted by atomic mass is 16.6. The fourth-order valence-corrected chi connectivity index (χ4v) is 2.64. The van der Waals surface area contributed by atoms with Gasteiger partial charge >= 0.3 is 0 Å². The van der Waals surface area contributed by atoms with E-state index in [0.29, 0.717) is 0 Å². The molecule has 0 aromatic heterocycles. The Morgan fingerprint density at radius 2 is 2.00 bits per heavy atom. The number of nitro groups is 1. The number of hydrogen-bond donors (Lipinski definition) is 1. The first-order valence-electron chi connectivity index (χ1n) is 6.70. The van der Waals surface area contributed by atoms with E-state index in [4.69, 9.17) is 0 Å². The van der Waals surface area contributed by atoms with E-state index in [0.717, 1.165) is 31.0 Å². The molecular weight excluding hydrogens is 228 g/mol. The molecule has 4 nitrogen and oxygen atoms in total. The molecule has 2 rings (SSSR count). The predicted molar refractivity (Wildman–Crippen MR) is 71.6 cm³/mol. The zero-order chi connectivity index (χ0) is 12.8. The first-order valence-corrected chi connectivity index (χ1v) is 6.70. The summed E-state index contributed by atoms with van der Waals surface area (Å²) in [4.78, 5) is 10.5. The van der Waals surface area contributed by atoms with Gasteiger partial charge in [-0.05, 0) is 38.3 Å². The Hall–Kier alpha value is -1.42. The fraction of sp³-hybridized carbons (Fsp3) is 0.571. The first-order chi connectivity index (χ1) is 8.77. The summed E-state index contributed by atoms with van der Waals surface area (Å²) < 4.78 is 0. The molecule has 0 heterocycles. The molecule has 1 aliphatic rings. The van der Waals surface area contributed by atoms with E-state index in [1.807, 2.05) is 12.1 Å². The molecule has 1 aromatic rings. The lowest BCUT2D eigenvalue weighted by molar-refractivity contribution is -0.385. The molecule has 0 aliphatic heterocycles. The first kappa shape index (κ1) is 13.0. The maximum Gasteiger partial charge on any atom is 0.272 e. The van der Waals surface area contributed by atoms with Crippen LogP contribution in [0.3, 0.4) is 0 Å². The third-order valence-corrected chi connectivity index (χ3v) is 3.67. The largest absolute Gasteiger partial charge is 0.316 e. The standard InChI is InChI=1S/C14H20N2O2/c17-16(18)14-8-4-3-7-13(14)9-10-15-11-12-5-1-2-6-12/h3-4,7-8,12,15H,1-2,5-6,9-11H2. The lowest BCUT2D eigenvalue weighted by atomic mass is 10.1. The SMILES string of the molecule is O=[N+]([O-])c1ccccc1CCNCC1CCCC1. The number of nitrogens with one attached hydrogen (secondary N) is 1. The second-order valence-corrected chi connectivity index (χ2v) is 4.99. The Kier molecular flexibility index (Phi) is 4.70. The van der Waals surface area contributed by atoms with Crippen LogP contribution < -0.4 is 5.32 Å². The van der Waals surface area contributed by atoms with Crippen molar-refractivity contribution in [2.45, 2.75) is 32.1 Å². The monoisotopic (exact) mass is 248 g/mol. The topological polar surface area (TPSA) is 55.2 Å². The van der Waals surface area contributed by atoms with E-state index in [2.05, 4.69) is 5.32 Å². The van der Waals surface area contributed by atoms with Gasteiger partial charge in [0, 0.05) is 11.6 Å². The Morgan fingerprint density at radius 1 is 1.28 bits per heavy atom. The average molecular weight is 248 g/mol. The number of nitro benzene ring substituents is 1. The second kappa shape index (κ2) is 6.50. The summed E-state index contributed by atoms with van der Waals surface area (Å²) >= 11 is 0. The van der Waals surface area contributed by atoms with Gasteiger partial charge in [-0.1, -0.05) is 31.0 Å². The van der Waals surface area contributed by atoms with Crippen molar-refractivity contribution in [3.8, 4) is 0 Å². The van der Waals surface area contributed by atoms with Crippen LogP contribution in [-0.4, -0.2) is 18.0 Å². The highest BCUT2D eigenvalue weighted by Crippen LogP contribution is 2.23. The molecule has 0 spiro atoms. The van der Waals surface area contributed by atoms with E-state index in [-0.39, 0.29) is 10.6 Å². The minimum atomic E-state index is -0.299. The van der Waals surface area contributed by atoms with Crippen molar-refractivity contribution in [1.29, 1.82) is 0 Å². The summed E-state index contributed by atoms with van der Waals surface area (Å²) in [5.74, 6) is 0.816. The molecule has 0 atom stereocenters. The van der Waals surface area contributed by atoms with Crippen molar-refractivity contribution in [2.75, 3.05) is 13.1 Å². The van der Waals surface area contributed by atoms with E-state index < -0.39 is 0 Å². The molecule has 0 unspecified atom stereocenters. The molecule has 0 radical (unpaired) electrons. The van der Waals surface area contributed by atoms with Gasteiger partial charge in [0.25, 0.3) is 5.69 Å². The third kappa shape index (κ3) is 3.53. The van der Waals surface area contributed by atoms with Crippen molar-refractivity contribution < 1.29 is 4.92 Å². The molecule has 1 aromatic carbocycles. The zero-order valence-corrected chi connectivity index (χ0v) is 10.6. The van der Waals surface area contributed by atoms with Crippen molar-refractivity contribution >= 4 is 5.69 Å². The number of rotatable bonds is 6. The van der Waals surface area contributed by atoms with Gasteiger partial charge in [-0.3, -0.25) is 10.1 Å². The van der Waals surface area contributed by atoms with E-state index in [1.165, 1.54) is 25.7 Å². The molecule has 1 aliphatic carbocycles. The number of nitrogens with zero attached hydrogens (tertiary/aromatic N) is 1. The minimum absolute atomic E-state index is 0.236. The van der Waals surface area contributed by atoms with Gasteiger partial charge in [0.2, 0.25) is 0 Å². The predicted octanol–water partition coefficient (Wildman–Crippen LogP) is 2.92. The van der Waals surface area contributed by atoms with Crippen molar-refractivity contribution in [3.05, 3.63) is 39.9 Å². The van der Waals surface area contributed by atoms with Crippen LogP contribution in [0, 0.1) is 16.0 Å². The van der Waals surface area contributed by atoms with Crippen molar-refractivity contribution in [2.24, 2.45) is 5.92 Å². The van der Waals surface area contributed by atoms with Crippen molar-refractivity contribution in [1.82, 2.24) is 5.32 Å². The normalized spacial score (nSPS) is 16.0. The van der Waals surface area contributed by atoms with Gasteiger partial charge in [-0.15, -0.1) is 0 Å². The highest BCUT2D eigenvalue weighted by Gasteiger charge is 2.15. The minimum Gasteiger partial charge on any atom is -0.316 e. The van der Waals surface area contributed by atoms with E-state index >= 15 is 0 Å². The lowest BCUT2D eigenvalue weighted by Gasteiger charge is -2.10. The summed E-state index contributed by atoms with van der Waals surface area (Å²) in [6, 6.07) is 6.99. The van der Waals surface area contributed by atoms with Gasteiger partial charge in [-0.25, -0.2) is 0 Å². The summed E-state index contributed by atoms with van der Waals surface area (Å²) in [7, 11) is 0.